The van der Waals surface area contributed by atoms with Gasteiger partial charge in [0.1, 0.15) is 17.7 Å². The molecule has 1 aliphatic rings. The van der Waals surface area contributed by atoms with Crippen molar-refractivity contribution < 1.29 is 14.3 Å². The summed E-state index contributed by atoms with van der Waals surface area (Å²) in [5.74, 6) is 0.348. The Bertz CT molecular complexity index is 693. The number of urea groups is 1. The third-order valence-corrected chi connectivity index (χ3v) is 4.34. The van der Waals surface area contributed by atoms with Crippen LogP contribution < -0.4 is 5.32 Å². The smallest absolute Gasteiger partial charge is 0.318 e. The average molecular weight is 332 g/mol. The first-order valence-corrected chi connectivity index (χ1v) is 8.01. The Morgan fingerprint density at radius 2 is 2.00 bits per heavy atom. The van der Waals surface area contributed by atoms with Gasteiger partial charge in [-0.05, 0) is 30.5 Å². The predicted molar refractivity (Wildman–Crippen MR) is 86.8 cm³/mol. The first kappa shape index (κ1) is 16.4. The number of aromatic nitrogens is 2. The number of halogens is 1. The molecular formula is C17H21FN4O2. The van der Waals surface area contributed by atoms with Crippen LogP contribution in [0.2, 0.25) is 0 Å². The number of aryl methyl sites for hydroxylation is 1. The molecule has 2 N–H and O–H groups in total. The van der Waals surface area contributed by atoms with Crippen LogP contribution in [-0.2, 0) is 7.05 Å². The number of aliphatic hydroxyl groups is 1. The lowest BCUT2D eigenvalue weighted by molar-refractivity contribution is 0.0931. The van der Waals surface area contributed by atoms with Crippen LogP contribution in [0.3, 0.4) is 0 Å². The van der Waals surface area contributed by atoms with E-state index in [2.05, 4.69) is 10.3 Å². The highest BCUT2D eigenvalue weighted by molar-refractivity contribution is 5.75. The number of piperidine rings is 1. The molecule has 2 heterocycles. The molecule has 0 spiro atoms. The Morgan fingerprint density at radius 1 is 1.33 bits per heavy atom. The molecule has 1 fully saturated rings. The van der Waals surface area contributed by atoms with Crippen LogP contribution in [0.15, 0.2) is 36.7 Å². The van der Waals surface area contributed by atoms with Crippen LogP contribution in [0.5, 0.6) is 0 Å². The highest BCUT2D eigenvalue weighted by Crippen LogP contribution is 2.22. The molecule has 0 bridgehead atoms. The van der Waals surface area contributed by atoms with E-state index in [1.165, 1.54) is 12.1 Å². The van der Waals surface area contributed by atoms with E-state index < -0.39 is 6.04 Å². The lowest BCUT2D eigenvalue weighted by Crippen LogP contribution is -2.47. The standard InChI is InChI=1S/C17H21FN4O2/c1-21-11-8-19-16(21)15(12-2-4-13(18)5-3-12)20-17(24)22-9-6-14(23)7-10-22/h2-5,8,11,14-15,23H,6-7,9-10H2,1H3,(H,20,24)/t15-/m1/s1. The van der Waals surface area contributed by atoms with Gasteiger partial charge in [0.15, 0.2) is 0 Å². The molecule has 1 aromatic heterocycles. The monoisotopic (exact) mass is 332 g/mol. The van der Waals surface area contributed by atoms with Gasteiger partial charge in [-0.25, -0.2) is 14.2 Å². The fourth-order valence-corrected chi connectivity index (χ4v) is 2.89. The highest BCUT2D eigenvalue weighted by Gasteiger charge is 2.26. The van der Waals surface area contributed by atoms with Crippen molar-refractivity contribution in [3.63, 3.8) is 0 Å². The average Bonchev–Trinajstić information content (AvgIpc) is 3.00. The molecule has 3 rings (SSSR count). The third-order valence-electron chi connectivity index (χ3n) is 4.34. The van der Waals surface area contributed by atoms with Crippen LogP contribution >= 0.6 is 0 Å². The van der Waals surface area contributed by atoms with Gasteiger partial charge in [0, 0.05) is 32.5 Å². The van der Waals surface area contributed by atoms with Crippen LogP contribution in [-0.4, -0.2) is 44.8 Å². The fourth-order valence-electron chi connectivity index (χ4n) is 2.89. The lowest BCUT2D eigenvalue weighted by atomic mass is 10.1. The highest BCUT2D eigenvalue weighted by atomic mass is 19.1. The van der Waals surface area contributed by atoms with Crippen molar-refractivity contribution in [3.05, 3.63) is 53.9 Å². The van der Waals surface area contributed by atoms with Gasteiger partial charge in [-0.3, -0.25) is 0 Å². The number of likely N-dealkylation sites (tertiary alicyclic amines) is 1. The van der Waals surface area contributed by atoms with E-state index in [1.807, 2.05) is 11.6 Å². The molecule has 7 heteroatoms. The summed E-state index contributed by atoms with van der Waals surface area (Å²) >= 11 is 0. The Labute approximate surface area is 139 Å². The Kier molecular flexibility index (Phi) is 4.80. The van der Waals surface area contributed by atoms with Gasteiger partial charge < -0.3 is 19.9 Å². The number of aliphatic hydroxyl groups excluding tert-OH is 1. The van der Waals surface area contributed by atoms with Gasteiger partial charge in [0.25, 0.3) is 0 Å². The molecular weight excluding hydrogens is 311 g/mol. The Balaban J connectivity index is 1.81. The number of nitrogens with zero attached hydrogens (tertiary/aromatic N) is 3. The van der Waals surface area contributed by atoms with E-state index in [1.54, 1.807) is 29.4 Å². The number of carbonyl (C=O) groups excluding carboxylic acids is 1. The van der Waals surface area contributed by atoms with Crippen molar-refractivity contribution in [3.8, 4) is 0 Å². The zero-order valence-electron chi connectivity index (χ0n) is 13.5. The molecule has 1 atom stereocenters. The summed E-state index contributed by atoms with van der Waals surface area (Å²) in [5.41, 5.74) is 0.760. The molecule has 0 aliphatic carbocycles. The minimum Gasteiger partial charge on any atom is -0.393 e. The van der Waals surface area contributed by atoms with Gasteiger partial charge in [0.05, 0.1) is 6.10 Å². The second-order valence-corrected chi connectivity index (χ2v) is 6.05. The second kappa shape index (κ2) is 7.00. The maximum Gasteiger partial charge on any atom is 0.318 e. The van der Waals surface area contributed by atoms with Crippen molar-refractivity contribution in [1.82, 2.24) is 19.8 Å². The molecule has 0 saturated carbocycles. The van der Waals surface area contributed by atoms with E-state index in [4.69, 9.17) is 0 Å². The molecule has 2 aromatic rings. The van der Waals surface area contributed by atoms with Crippen LogP contribution in [0.1, 0.15) is 30.3 Å². The van der Waals surface area contributed by atoms with Crippen molar-refractivity contribution in [2.24, 2.45) is 7.05 Å². The number of benzene rings is 1. The van der Waals surface area contributed by atoms with Gasteiger partial charge in [-0.2, -0.15) is 0 Å². The SMILES string of the molecule is Cn1ccnc1[C@H](NC(=O)N1CCC(O)CC1)c1ccc(F)cc1. The minimum absolute atomic E-state index is 0.209. The van der Waals surface area contributed by atoms with E-state index >= 15 is 0 Å². The number of carbonyl (C=O) groups is 1. The molecule has 1 saturated heterocycles. The zero-order chi connectivity index (χ0) is 17.1. The minimum atomic E-state index is -0.468. The fraction of sp³-hybridized carbons (Fsp3) is 0.412. The van der Waals surface area contributed by atoms with Crippen molar-refractivity contribution in [1.29, 1.82) is 0 Å². The van der Waals surface area contributed by atoms with Crippen molar-refractivity contribution in [2.75, 3.05) is 13.1 Å². The summed E-state index contributed by atoms with van der Waals surface area (Å²) in [6.45, 7) is 1.04. The van der Waals surface area contributed by atoms with Gasteiger partial charge >= 0.3 is 6.03 Å². The summed E-state index contributed by atoms with van der Waals surface area (Å²) in [5, 5.41) is 12.6. The first-order chi connectivity index (χ1) is 11.5. The van der Waals surface area contributed by atoms with E-state index in [0.717, 1.165) is 5.56 Å². The molecule has 0 radical (unpaired) electrons. The van der Waals surface area contributed by atoms with Gasteiger partial charge in [0.2, 0.25) is 0 Å². The predicted octanol–water partition coefficient (Wildman–Crippen LogP) is 1.81. The number of amides is 2. The number of hydrogen-bond acceptors (Lipinski definition) is 3. The number of imidazole rings is 1. The van der Waals surface area contributed by atoms with E-state index in [0.29, 0.717) is 31.8 Å². The van der Waals surface area contributed by atoms with Gasteiger partial charge in [-0.1, -0.05) is 12.1 Å². The second-order valence-electron chi connectivity index (χ2n) is 6.05. The lowest BCUT2D eigenvalue weighted by Gasteiger charge is -2.31. The summed E-state index contributed by atoms with van der Waals surface area (Å²) < 4.78 is 15.0. The van der Waals surface area contributed by atoms with Gasteiger partial charge in [-0.15, -0.1) is 0 Å². The normalized spacial score (nSPS) is 16.9. The topological polar surface area (TPSA) is 70.4 Å². The first-order valence-electron chi connectivity index (χ1n) is 8.01. The van der Waals surface area contributed by atoms with Crippen molar-refractivity contribution in [2.45, 2.75) is 25.0 Å². The van der Waals surface area contributed by atoms with E-state index in [-0.39, 0.29) is 18.0 Å². The number of hydrogen-bond donors (Lipinski definition) is 2. The Morgan fingerprint density at radius 3 is 2.58 bits per heavy atom. The number of nitrogens with one attached hydrogen (secondary N) is 1. The van der Waals surface area contributed by atoms with E-state index in [9.17, 15) is 14.3 Å². The zero-order valence-corrected chi connectivity index (χ0v) is 13.5. The van der Waals surface area contributed by atoms with Crippen LogP contribution in [0.4, 0.5) is 9.18 Å². The van der Waals surface area contributed by atoms with Crippen LogP contribution in [0, 0.1) is 5.82 Å². The molecule has 6 nitrogen and oxygen atoms in total. The maximum atomic E-state index is 13.2. The van der Waals surface area contributed by atoms with Crippen molar-refractivity contribution >= 4 is 6.03 Å². The molecule has 24 heavy (non-hydrogen) atoms. The summed E-state index contributed by atoms with van der Waals surface area (Å²) in [6, 6.07) is 5.36. The summed E-state index contributed by atoms with van der Waals surface area (Å²) in [4.78, 5) is 18.6. The molecule has 128 valence electrons. The molecule has 1 aromatic carbocycles. The number of rotatable bonds is 3. The summed E-state index contributed by atoms with van der Waals surface area (Å²) in [7, 11) is 1.85. The molecule has 0 unspecified atom stereocenters. The summed E-state index contributed by atoms with van der Waals surface area (Å²) in [6.07, 6.45) is 4.29. The largest absolute Gasteiger partial charge is 0.393 e. The van der Waals surface area contributed by atoms with Crippen LogP contribution in [0.25, 0.3) is 0 Å². The molecule has 2 amide bonds. The Hall–Kier alpha value is -2.41. The maximum absolute atomic E-state index is 13.2. The quantitative estimate of drug-likeness (QED) is 0.901. The third kappa shape index (κ3) is 3.56. The molecule has 1 aliphatic heterocycles.